The molecule has 1 saturated carbocycles. The van der Waals surface area contributed by atoms with Crippen LogP contribution in [0.1, 0.15) is 49.0 Å². The van der Waals surface area contributed by atoms with Crippen LogP contribution in [-0.4, -0.2) is 68.8 Å². The quantitative estimate of drug-likeness (QED) is 0.526. The third kappa shape index (κ3) is 6.43. The number of amides is 2. The normalized spacial score (nSPS) is 20.7. The molecule has 1 aromatic carbocycles. The van der Waals surface area contributed by atoms with Crippen LogP contribution in [0, 0.1) is 18.8 Å². The highest BCUT2D eigenvalue weighted by molar-refractivity contribution is 5.95. The molecule has 2 fully saturated rings. The molecule has 0 radical (unpaired) electrons. The lowest BCUT2D eigenvalue weighted by atomic mass is 9.93. The Kier molecular flexibility index (Phi) is 8.32. The van der Waals surface area contributed by atoms with Gasteiger partial charge in [0.1, 0.15) is 5.75 Å². The Labute approximate surface area is 185 Å². The van der Waals surface area contributed by atoms with Gasteiger partial charge < -0.3 is 25.0 Å². The van der Waals surface area contributed by atoms with Crippen molar-refractivity contribution in [3.05, 3.63) is 29.3 Å². The molecule has 1 heterocycles. The van der Waals surface area contributed by atoms with Crippen molar-refractivity contribution >= 4 is 11.8 Å². The number of nitrogens with zero attached hydrogens (tertiary/aromatic N) is 1. The highest BCUT2D eigenvalue weighted by atomic mass is 16.5. The Morgan fingerprint density at radius 1 is 1.23 bits per heavy atom. The molecule has 0 bridgehead atoms. The molecule has 0 unspecified atom stereocenters. The standard InChI is InChI=1S/C24H37N3O4/c1-16(2)27(15-19-13-25-14-21(19)23(28)26-20-8-9-20)24(29)18-7-6-17(3)22(12-18)31-11-5-10-30-4/h6-7,12,16,19-21,25H,5,8-11,13-15H2,1-4H3,(H,26,28)/t19-,21+/m0/s1. The molecule has 172 valence electrons. The first-order chi connectivity index (χ1) is 14.9. The van der Waals surface area contributed by atoms with E-state index < -0.39 is 0 Å². The maximum atomic E-state index is 13.4. The minimum Gasteiger partial charge on any atom is -0.493 e. The van der Waals surface area contributed by atoms with Crippen LogP contribution in [0.25, 0.3) is 0 Å². The number of carbonyl (C=O) groups excluding carboxylic acids is 2. The zero-order valence-electron chi connectivity index (χ0n) is 19.3. The van der Waals surface area contributed by atoms with Gasteiger partial charge in [-0.25, -0.2) is 0 Å². The molecule has 0 spiro atoms. The Morgan fingerprint density at radius 3 is 2.68 bits per heavy atom. The minimum atomic E-state index is -0.0904. The fourth-order valence-corrected chi connectivity index (χ4v) is 3.99. The second kappa shape index (κ2) is 11.0. The monoisotopic (exact) mass is 431 g/mol. The molecule has 2 amide bonds. The van der Waals surface area contributed by atoms with Crippen LogP contribution in [0.3, 0.4) is 0 Å². The number of ether oxygens (including phenoxy) is 2. The van der Waals surface area contributed by atoms with E-state index >= 15 is 0 Å². The number of carbonyl (C=O) groups is 2. The summed E-state index contributed by atoms with van der Waals surface area (Å²) in [5, 5.41) is 6.46. The van der Waals surface area contributed by atoms with Crippen LogP contribution in [0.15, 0.2) is 18.2 Å². The number of hydrogen-bond donors (Lipinski definition) is 2. The minimum absolute atomic E-state index is 0.0232. The lowest BCUT2D eigenvalue weighted by Gasteiger charge is -2.31. The number of benzene rings is 1. The van der Waals surface area contributed by atoms with Gasteiger partial charge >= 0.3 is 0 Å². The van der Waals surface area contributed by atoms with Crippen molar-refractivity contribution in [1.29, 1.82) is 0 Å². The largest absolute Gasteiger partial charge is 0.493 e. The van der Waals surface area contributed by atoms with E-state index in [2.05, 4.69) is 10.6 Å². The van der Waals surface area contributed by atoms with Crippen LogP contribution in [-0.2, 0) is 9.53 Å². The van der Waals surface area contributed by atoms with E-state index in [1.54, 1.807) is 7.11 Å². The Bertz CT molecular complexity index is 763. The average Bonchev–Trinajstić information content (AvgIpc) is 3.43. The first kappa shape index (κ1) is 23.5. The maximum Gasteiger partial charge on any atom is 0.254 e. The van der Waals surface area contributed by atoms with Crippen molar-refractivity contribution in [1.82, 2.24) is 15.5 Å². The first-order valence-corrected chi connectivity index (χ1v) is 11.4. The van der Waals surface area contributed by atoms with Gasteiger partial charge in [-0.3, -0.25) is 9.59 Å². The summed E-state index contributed by atoms with van der Waals surface area (Å²) in [6.45, 7) is 9.20. The molecule has 1 aromatic rings. The summed E-state index contributed by atoms with van der Waals surface area (Å²) in [5.41, 5.74) is 1.62. The van der Waals surface area contributed by atoms with Gasteiger partial charge in [0.25, 0.3) is 5.91 Å². The lowest BCUT2D eigenvalue weighted by Crippen LogP contribution is -2.45. The molecule has 7 heteroatoms. The summed E-state index contributed by atoms with van der Waals surface area (Å²) < 4.78 is 10.9. The molecule has 1 aliphatic heterocycles. The van der Waals surface area contributed by atoms with Gasteiger partial charge in [0.05, 0.1) is 12.5 Å². The fourth-order valence-electron chi connectivity index (χ4n) is 3.99. The van der Waals surface area contributed by atoms with E-state index in [1.807, 2.05) is 43.9 Å². The molecule has 3 rings (SSSR count). The molecular formula is C24H37N3O4. The molecule has 2 atom stereocenters. The van der Waals surface area contributed by atoms with E-state index in [9.17, 15) is 9.59 Å². The summed E-state index contributed by atoms with van der Waals surface area (Å²) >= 11 is 0. The molecule has 2 N–H and O–H groups in total. The molecule has 31 heavy (non-hydrogen) atoms. The summed E-state index contributed by atoms with van der Waals surface area (Å²) in [4.78, 5) is 27.9. The molecular weight excluding hydrogens is 394 g/mol. The van der Waals surface area contributed by atoms with Crippen LogP contribution < -0.4 is 15.4 Å². The lowest BCUT2D eigenvalue weighted by molar-refractivity contribution is -0.125. The van der Waals surface area contributed by atoms with E-state index in [-0.39, 0.29) is 29.7 Å². The van der Waals surface area contributed by atoms with Gasteiger partial charge in [-0.2, -0.15) is 0 Å². The maximum absolute atomic E-state index is 13.4. The predicted octanol–water partition coefficient (Wildman–Crippen LogP) is 2.38. The molecule has 2 aliphatic rings. The van der Waals surface area contributed by atoms with Gasteiger partial charge in [-0.15, -0.1) is 0 Å². The van der Waals surface area contributed by atoms with E-state index in [4.69, 9.17) is 9.47 Å². The Morgan fingerprint density at radius 2 is 2.00 bits per heavy atom. The van der Waals surface area contributed by atoms with Crippen molar-refractivity contribution < 1.29 is 19.1 Å². The van der Waals surface area contributed by atoms with Crippen molar-refractivity contribution in [3.8, 4) is 5.75 Å². The first-order valence-electron chi connectivity index (χ1n) is 11.4. The topological polar surface area (TPSA) is 79.9 Å². The van der Waals surface area contributed by atoms with Crippen LogP contribution in [0.4, 0.5) is 0 Å². The van der Waals surface area contributed by atoms with Crippen LogP contribution in [0.5, 0.6) is 5.75 Å². The number of nitrogens with one attached hydrogen (secondary N) is 2. The van der Waals surface area contributed by atoms with Gasteiger partial charge in [-0.05, 0) is 51.3 Å². The third-order valence-corrected chi connectivity index (χ3v) is 6.10. The second-order valence-corrected chi connectivity index (χ2v) is 9.03. The SMILES string of the molecule is COCCCOc1cc(C(=O)N(C[C@@H]2CNC[C@H]2C(=O)NC2CC2)C(C)C)ccc1C. The summed E-state index contributed by atoms with van der Waals surface area (Å²) in [6, 6.07) is 6.02. The van der Waals surface area contributed by atoms with E-state index in [0.29, 0.717) is 37.9 Å². The van der Waals surface area contributed by atoms with Gasteiger partial charge in [-0.1, -0.05) is 6.07 Å². The predicted molar refractivity (Wildman–Crippen MR) is 120 cm³/mol. The molecule has 0 aromatic heterocycles. The summed E-state index contributed by atoms with van der Waals surface area (Å²) in [6.07, 6.45) is 2.96. The zero-order chi connectivity index (χ0) is 22.4. The highest BCUT2D eigenvalue weighted by Gasteiger charge is 2.37. The van der Waals surface area contributed by atoms with Gasteiger partial charge in [0.15, 0.2) is 0 Å². The number of rotatable bonds is 11. The zero-order valence-corrected chi connectivity index (χ0v) is 19.3. The number of methoxy groups -OCH3 is 1. The van der Waals surface area contributed by atoms with Crippen molar-refractivity contribution in [3.63, 3.8) is 0 Å². The van der Waals surface area contributed by atoms with Gasteiger partial charge in [0.2, 0.25) is 5.91 Å². The summed E-state index contributed by atoms with van der Waals surface area (Å²) in [7, 11) is 1.67. The second-order valence-electron chi connectivity index (χ2n) is 9.03. The Hall–Kier alpha value is -2.12. The van der Waals surface area contributed by atoms with Crippen LogP contribution in [0.2, 0.25) is 0 Å². The third-order valence-electron chi connectivity index (χ3n) is 6.10. The number of hydrogen-bond acceptors (Lipinski definition) is 5. The van der Waals surface area contributed by atoms with Crippen molar-refractivity contribution in [2.45, 2.75) is 52.1 Å². The van der Waals surface area contributed by atoms with E-state index in [0.717, 1.165) is 37.1 Å². The summed E-state index contributed by atoms with van der Waals surface area (Å²) in [5.74, 6) is 0.850. The van der Waals surface area contributed by atoms with Gasteiger partial charge in [0, 0.05) is 63.3 Å². The number of aryl methyl sites for hydroxylation is 1. The van der Waals surface area contributed by atoms with Crippen molar-refractivity contribution in [2.24, 2.45) is 11.8 Å². The smallest absolute Gasteiger partial charge is 0.254 e. The fraction of sp³-hybridized carbons (Fsp3) is 0.667. The average molecular weight is 432 g/mol. The Balaban J connectivity index is 1.67. The molecule has 7 nitrogen and oxygen atoms in total. The van der Waals surface area contributed by atoms with Crippen LogP contribution >= 0.6 is 0 Å². The van der Waals surface area contributed by atoms with E-state index in [1.165, 1.54) is 0 Å². The highest BCUT2D eigenvalue weighted by Crippen LogP contribution is 2.26. The van der Waals surface area contributed by atoms with Crippen molar-refractivity contribution in [2.75, 3.05) is 40.0 Å². The molecule has 1 aliphatic carbocycles. The molecule has 1 saturated heterocycles.